The average molecular weight is 391 g/mol. The van der Waals surface area contributed by atoms with E-state index in [-0.39, 0.29) is 18.4 Å². The van der Waals surface area contributed by atoms with Gasteiger partial charge in [0, 0.05) is 29.0 Å². The number of amides is 2. The number of halogens is 2. The molecule has 0 saturated carbocycles. The van der Waals surface area contributed by atoms with Crippen molar-refractivity contribution in [3.63, 3.8) is 0 Å². The molecule has 0 radical (unpaired) electrons. The Kier molecular flexibility index (Phi) is 5.35. The third-order valence-electron chi connectivity index (χ3n) is 3.61. The van der Waals surface area contributed by atoms with Crippen LogP contribution in [0.25, 0.3) is 0 Å². The van der Waals surface area contributed by atoms with Gasteiger partial charge < -0.3 is 20.9 Å². The number of anilines is 2. The van der Waals surface area contributed by atoms with Crippen molar-refractivity contribution in [2.24, 2.45) is 0 Å². The lowest BCUT2D eigenvalue weighted by molar-refractivity contribution is -0.116. The Morgan fingerprint density at radius 2 is 1.81 bits per heavy atom. The van der Waals surface area contributed by atoms with Crippen LogP contribution in [0.3, 0.4) is 0 Å². The van der Waals surface area contributed by atoms with Crippen molar-refractivity contribution in [1.82, 2.24) is 10.2 Å². The summed E-state index contributed by atoms with van der Waals surface area (Å²) in [5, 5.41) is 9.72. The lowest BCUT2D eigenvalue weighted by Gasteiger charge is -2.23. The van der Waals surface area contributed by atoms with E-state index in [1.165, 1.54) is 0 Å². The molecule has 26 heavy (non-hydrogen) atoms. The molecule has 0 saturated heterocycles. The highest BCUT2D eigenvalue weighted by molar-refractivity contribution is 6.31. The minimum atomic E-state index is -0.235. The van der Waals surface area contributed by atoms with E-state index >= 15 is 0 Å². The van der Waals surface area contributed by atoms with Gasteiger partial charge in [0.25, 0.3) is 5.91 Å². The van der Waals surface area contributed by atoms with E-state index in [4.69, 9.17) is 23.2 Å². The second-order valence-corrected chi connectivity index (χ2v) is 6.65. The van der Waals surface area contributed by atoms with Crippen LogP contribution in [0.4, 0.5) is 11.4 Å². The molecule has 1 heterocycles. The Morgan fingerprint density at radius 3 is 2.54 bits per heavy atom. The predicted molar refractivity (Wildman–Crippen MR) is 103 cm³/mol. The van der Waals surface area contributed by atoms with Gasteiger partial charge in [-0.1, -0.05) is 23.2 Å². The van der Waals surface area contributed by atoms with Crippen LogP contribution < -0.4 is 16.0 Å². The van der Waals surface area contributed by atoms with Crippen LogP contribution in [0.2, 0.25) is 10.0 Å². The normalized spacial score (nSPS) is 14.3. The zero-order chi connectivity index (χ0) is 18.7. The molecule has 0 unspecified atom stereocenters. The minimum Gasteiger partial charge on any atom is -0.368 e. The summed E-state index contributed by atoms with van der Waals surface area (Å²) in [4.78, 5) is 25.9. The molecule has 2 aromatic carbocycles. The summed E-state index contributed by atoms with van der Waals surface area (Å²) in [6, 6.07) is 11.8. The van der Waals surface area contributed by atoms with Gasteiger partial charge in [0.05, 0.1) is 17.8 Å². The third kappa shape index (κ3) is 4.47. The van der Waals surface area contributed by atoms with Gasteiger partial charge in [-0.3, -0.25) is 9.59 Å². The number of rotatable bonds is 4. The van der Waals surface area contributed by atoms with Crippen molar-refractivity contribution in [2.45, 2.75) is 0 Å². The Balaban J connectivity index is 1.63. The van der Waals surface area contributed by atoms with E-state index in [1.54, 1.807) is 60.6 Å². The molecule has 1 aliphatic rings. The number of nitrogens with zero attached hydrogens (tertiary/aromatic N) is 1. The predicted octanol–water partition coefficient (Wildman–Crippen LogP) is 3.52. The summed E-state index contributed by atoms with van der Waals surface area (Å²) in [6.45, 7) is 0.103. The Morgan fingerprint density at radius 1 is 1.12 bits per heavy atom. The second-order valence-electron chi connectivity index (χ2n) is 5.78. The van der Waals surface area contributed by atoms with Crippen LogP contribution in [0.5, 0.6) is 0 Å². The van der Waals surface area contributed by atoms with Gasteiger partial charge in [-0.25, -0.2) is 0 Å². The molecule has 2 amide bonds. The van der Waals surface area contributed by atoms with Crippen LogP contribution >= 0.6 is 23.2 Å². The van der Waals surface area contributed by atoms with E-state index < -0.39 is 0 Å². The third-order valence-corrected chi connectivity index (χ3v) is 4.10. The van der Waals surface area contributed by atoms with Gasteiger partial charge in [-0.05, 0) is 42.5 Å². The summed E-state index contributed by atoms with van der Waals surface area (Å²) in [5.41, 5.74) is 1.79. The molecule has 0 aromatic heterocycles. The topological polar surface area (TPSA) is 73.5 Å². The van der Waals surface area contributed by atoms with Crippen LogP contribution in [0, 0.1) is 0 Å². The van der Waals surface area contributed by atoms with Gasteiger partial charge in [-0.15, -0.1) is 0 Å². The van der Waals surface area contributed by atoms with Gasteiger partial charge in [0.2, 0.25) is 5.91 Å². The van der Waals surface area contributed by atoms with Gasteiger partial charge in [0.15, 0.2) is 0 Å². The molecule has 134 valence electrons. The van der Waals surface area contributed by atoms with Crippen LogP contribution in [-0.2, 0) is 4.79 Å². The monoisotopic (exact) mass is 390 g/mol. The highest BCUT2D eigenvalue weighted by Gasteiger charge is 2.20. The fourth-order valence-electron chi connectivity index (χ4n) is 2.47. The maximum Gasteiger partial charge on any atom is 0.258 e. The molecular formula is C18H16Cl2N4O2. The number of hydrogen-bond donors (Lipinski definition) is 3. The molecule has 0 fully saturated rings. The largest absolute Gasteiger partial charge is 0.368 e. The number of hydrogen-bond acceptors (Lipinski definition) is 4. The number of fused-ring (bicyclic) bond motifs is 1. The summed E-state index contributed by atoms with van der Waals surface area (Å²) < 4.78 is 0. The molecule has 0 bridgehead atoms. The SMILES string of the molecule is CN(C=C1NC(=O)c2ccc(Cl)cc2N1)CC(=O)Nc1ccc(Cl)cc1. The van der Waals surface area contributed by atoms with Crippen molar-refractivity contribution in [1.29, 1.82) is 0 Å². The molecule has 1 aliphatic heterocycles. The van der Waals surface area contributed by atoms with E-state index in [2.05, 4.69) is 16.0 Å². The lowest BCUT2D eigenvalue weighted by atomic mass is 10.1. The molecule has 3 N–H and O–H groups in total. The maximum absolute atomic E-state index is 12.1. The first-order valence-electron chi connectivity index (χ1n) is 7.76. The molecule has 2 aromatic rings. The first-order chi connectivity index (χ1) is 12.4. The van der Waals surface area contributed by atoms with Crippen molar-refractivity contribution < 1.29 is 9.59 Å². The van der Waals surface area contributed by atoms with E-state index in [1.807, 2.05) is 0 Å². The van der Waals surface area contributed by atoms with Gasteiger partial charge in [-0.2, -0.15) is 0 Å². The molecule has 3 rings (SSSR count). The Bertz CT molecular complexity index is 881. The van der Waals surface area contributed by atoms with Crippen molar-refractivity contribution in [2.75, 3.05) is 24.2 Å². The molecule has 0 atom stereocenters. The zero-order valence-corrected chi connectivity index (χ0v) is 15.4. The smallest absolute Gasteiger partial charge is 0.258 e. The highest BCUT2D eigenvalue weighted by Crippen LogP contribution is 2.25. The minimum absolute atomic E-state index is 0.103. The fraction of sp³-hybridized carbons (Fsp3) is 0.111. The van der Waals surface area contributed by atoms with E-state index in [0.29, 0.717) is 32.8 Å². The summed E-state index contributed by atoms with van der Waals surface area (Å²) in [6.07, 6.45) is 1.64. The van der Waals surface area contributed by atoms with Crippen LogP contribution in [-0.4, -0.2) is 30.3 Å². The first kappa shape index (κ1) is 18.1. The summed E-state index contributed by atoms with van der Waals surface area (Å²) >= 11 is 11.8. The molecule has 8 heteroatoms. The standard InChI is InChI=1S/C18H16Cl2N4O2/c1-24(10-17(25)21-13-5-2-11(19)3-6-13)9-16-22-15-8-12(20)4-7-14(15)18(26)23-16/h2-9,22H,10H2,1H3,(H,21,25)(H,23,26). The number of benzene rings is 2. The maximum atomic E-state index is 12.1. The highest BCUT2D eigenvalue weighted by atomic mass is 35.5. The average Bonchev–Trinajstić information content (AvgIpc) is 2.56. The van der Waals surface area contributed by atoms with E-state index in [0.717, 1.165) is 0 Å². The summed E-state index contributed by atoms with van der Waals surface area (Å²) in [7, 11) is 1.73. The molecular weight excluding hydrogens is 375 g/mol. The number of likely N-dealkylation sites (N-methyl/N-ethyl adjacent to an activating group) is 1. The Labute approximate surface area is 160 Å². The number of carbonyl (C=O) groups is 2. The van der Waals surface area contributed by atoms with Crippen molar-refractivity contribution in [3.8, 4) is 0 Å². The van der Waals surface area contributed by atoms with Crippen LogP contribution in [0.15, 0.2) is 54.5 Å². The summed E-state index contributed by atoms with van der Waals surface area (Å²) in [5.74, 6) is 0.0319. The second kappa shape index (κ2) is 7.68. The quantitative estimate of drug-likeness (QED) is 0.746. The van der Waals surface area contributed by atoms with Gasteiger partial charge in [0.1, 0.15) is 5.82 Å². The number of nitrogens with one attached hydrogen (secondary N) is 3. The van der Waals surface area contributed by atoms with Gasteiger partial charge >= 0.3 is 0 Å². The van der Waals surface area contributed by atoms with Crippen LogP contribution in [0.1, 0.15) is 10.4 Å². The van der Waals surface area contributed by atoms with Crippen molar-refractivity contribution >= 4 is 46.4 Å². The lowest BCUT2D eigenvalue weighted by Crippen LogP contribution is -2.35. The molecule has 6 nitrogen and oxygen atoms in total. The fourth-order valence-corrected chi connectivity index (χ4v) is 2.77. The van der Waals surface area contributed by atoms with E-state index in [9.17, 15) is 9.59 Å². The molecule has 0 aliphatic carbocycles. The number of carbonyl (C=O) groups excluding carboxylic acids is 2. The molecule has 0 spiro atoms. The van der Waals surface area contributed by atoms with Crippen molar-refractivity contribution in [3.05, 3.63) is 70.1 Å². The zero-order valence-electron chi connectivity index (χ0n) is 13.8. The first-order valence-corrected chi connectivity index (χ1v) is 8.52. The Hall–Kier alpha value is -2.70.